The maximum absolute atomic E-state index is 12.4. The number of hydrogen-bond acceptors (Lipinski definition) is 2. The van der Waals surface area contributed by atoms with E-state index in [1.54, 1.807) is 0 Å². The third-order valence-corrected chi connectivity index (χ3v) is 4.87. The van der Waals surface area contributed by atoms with E-state index in [4.69, 9.17) is 0 Å². The minimum atomic E-state index is -0.365. The number of nitrogens with one attached hydrogen (secondary N) is 2. The van der Waals surface area contributed by atoms with Gasteiger partial charge in [0.15, 0.2) is 0 Å². The summed E-state index contributed by atoms with van der Waals surface area (Å²) in [7, 11) is 0. The van der Waals surface area contributed by atoms with Crippen molar-refractivity contribution in [2.45, 2.75) is 38.6 Å². The van der Waals surface area contributed by atoms with E-state index in [0.717, 1.165) is 31.5 Å². The molecule has 1 aromatic carbocycles. The first kappa shape index (κ1) is 16.7. The van der Waals surface area contributed by atoms with Crippen molar-refractivity contribution in [2.24, 2.45) is 0 Å². The van der Waals surface area contributed by atoms with Crippen LogP contribution in [0.4, 0.5) is 5.69 Å². The first-order chi connectivity index (χ1) is 8.57. The van der Waals surface area contributed by atoms with Crippen molar-refractivity contribution in [1.29, 1.82) is 0 Å². The fourth-order valence-electron chi connectivity index (χ4n) is 2.38. The largest absolute Gasteiger partial charge is 0.324 e. The van der Waals surface area contributed by atoms with E-state index >= 15 is 0 Å². The molecule has 1 aromatic rings. The Balaban J connectivity index is 0.00000180. The average molecular weight is 395 g/mol. The average Bonchev–Trinajstić information content (AvgIpc) is 2.84. The Morgan fingerprint density at radius 2 is 2.26 bits per heavy atom. The van der Waals surface area contributed by atoms with Crippen molar-refractivity contribution in [3.05, 3.63) is 27.3 Å². The number of halogens is 2. The molecule has 0 aliphatic carbocycles. The van der Waals surface area contributed by atoms with Crippen LogP contribution in [0.25, 0.3) is 0 Å². The van der Waals surface area contributed by atoms with Crippen LogP contribution in [0.3, 0.4) is 0 Å². The maximum Gasteiger partial charge on any atom is 0.244 e. The van der Waals surface area contributed by atoms with Crippen LogP contribution >= 0.6 is 35.0 Å². The Kier molecular flexibility index (Phi) is 6.08. The van der Waals surface area contributed by atoms with Gasteiger partial charge in [0.25, 0.3) is 0 Å². The highest BCUT2D eigenvalue weighted by Gasteiger charge is 2.38. The van der Waals surface area contributed by atoms with E-state index in [0.29, 0.717) is 0 Å². The highest BCUT2D eigenvalue weighted by molar-refractivity contribution is 14.1. The molecule has 19 heavy (non-hydrogen) atoms. The molecule has 0 saturated carbocycles. The van der Waals surface area contributed by atoms with E-state index in [1.165, 1.54) is 9.13 Å². The molecule has 0 aromatic heterocycles. The van der Waals surface area contributed by atoms with Crippen molar-refractivity contribution in [3.8, 4) is 0 Å². The molecule has 3 nitrogen and oxygen atoms in total. The Bertz CT molecular complexity index is 459. The third kappa shape index (κ3) is 3.61. The quantitative estimate of drug-likeness (QED) is 0.771. The van der Waals surface area contributed by atoms with Gasteiger partial charge in [-0.25, -0.2) is 0 Å². The molecule has 106 valence electrons. The van der Waals surface area contributed by atoms with Crippen molar-refractivity contribution >= 4 is 46.6 Å². The van der Waals surface area contributed by atoms with Gasteiger partial charge in [0.1, 0.15) is 0 Å². The van der Waals surface area contributed by atoms with Gasteiger partial charge >= 0.3 is 0 Å². The highest BCUT2D eigenvalue weighted by Crippen LogP contribution is 2.25. The SMILES string of the molecule is CCC1(C(=O)Nc2ccc(C)c(I)c2)CCCN1.Cl. The summed E-state index contributed by atoms with van der Waals surface area (Å²) in [5.74, 6) is 0.0992. The van der Waals surface area contributed by atoms with Gasteiger partial charge in [-0.15, -0.1) is 12.4 Å². The summed E-state index contributed by atoms with van der Waals surface area (Å²) in [5.41, 5.74) is 1.75. The summed E-state index contributed by atoms with van der Waals surface area (Å²) >= 11 is 2.29. The van der Waals surface area contributed by atoms with Crippen LogP contribution in [-0.4, -0.2) is 18.0 Å². The summed E-state index contributed by atoms with van der Waals surface area (Å²) in [6.45, 7) is 5.07. The van der Waals surface area contributed by atoms with E-state index in [2.05, 4.69) is 47.1 Å². The lowest BCUT2D eigenvalue weighted by Crippen LogP contribution is -2.50. The summed E-state index contributed by atoms with van der Waals surface area (Å²) < 4.78 is 1.18. The fraction of sp³-hybridized carbons (Fsp3) is 0.500. The predicted molar refractivity (Wildman–Crippen MR) is 90.0 cm³/mol. The van der Waals surface area contributed by atoms with Crippen molar-refractivity contribution < 1.29 is 4.79 Å². The molecule has 1 atom stereocenters. The van der Waals surface area contributed by atoms with Gasteiger partial charge in [0, 0.05) is 9.26 Å². The molecule has 2 rings (SSSR count). The molecular weight excluding hydrogens is 375 g/mol. The molecule has 1 amide bonds. The number of carbonyl (C=O) groups is 1. The van der Waals surface area contributed by atoms with Crippen LogP contribution in [0, 0.1) is 10.5 Å². The lowest BCUT2D eigenvalue weighted by molar-refractivity contribution is -0.122. The number of amides is 1. The topological polar surface area (TPSA) is 41.1 Å². The normalized spacial score (nSPS) is 21.8. The van der Waals surface area contributed by atoms with Crippen molar-refractivity contribution in [3.63, 3.8) is 0 Å². The Hall–Kier alpha value is -0.330. The molecule has 1 saturated heterocycles. The van der Waals surface area contributed by atoms with Crippen LogP contribution in [0.2, 0.25) is 0 Å². The molecule has 0 radical (unpaired) electrons. The number of anilines is 1. The Morgan fingerprint density at radius 3 is 2.79 bits per heavy atom. The van der Waals surface area contributed by atoms with Crippen LogP contribution in [-0.2, 0) is 4.79 Å². The first-order valence-corrected chi connectivity index (χ1v) is 7.48. The van der Waals surface area contributed by atoms with Crippen LogP contribution in [0.5, 0.6) is 0 Å². The number of rotatable bonds is 3. The summed E-state index contributed by atoms with van der Waals surface area (Å²) in [5, 5.41) is 6.39. The van der Waals surface area contributed by atoms with Gasteiger partial charge < -0.3 is 10.6 Å². The zero-order valence-electron chi connectivity index (χ0n) is 11.3. The zero-order valence-corrected chi connectivity index (χ0v) is 14.2. The van der Waals surface area contributed by atoms with Crippen LogP contribution in [0.15, 0.2) is 18.2 Å². The smallest absolute Gasteiger partial charge is 0.244 e. The second kappa shape index (κ2) is 6.90. The molecule has 2 N–H and O–H groups in total. The predicted octanol–water partition coefficient (Wildman–Crippen LogP) is 3.49. The number of hydrogen-bond donors (Lipinski definition) is 2. The van der Waals surface area contributed by atoms with Crippen molar-refractivity contribution in [1.82, 2.24) is 5.32 Å². The molecule has 0 spiro atoms. The van der Waals surface area contributed by atoms with Gasteiger partial charge in [0.05, 0.1) is 5.54 Å². The monoisotopic (exact) mass is 394 g/mol. The summed E-state index contributed by atoms with van der Waals surface area (Å²) in [4.78, 5) is 12.4. The first-order valence-electron chi connectivity index (χ1n) is 6.40. The number of aryl methyl sites for hydroxylation is 1. The summed E-state index contributed by atoms with van der Waals surface area (Å²) in [6, 6.07) is 6.03. The maximum atomic E-state index is 12.4. The molecule has 1 unspecified atom stereocenters. The fourth-order valence-corrected chi connectivity index (χ4v) is 2.90. The Morgan fingerprint density at radius 1 is 1.53 bits per heavy atom. The van der Waals surface area contributed by atoms with Crippen LogP contribution in [0.1, 0.15) is 31.7 Å². The van der Waals surface area contributed by atoms with Gasteiger partial charge in [-0.2, -0.15) is 0 Å². The molecular formula is C14H20ClIN2O. The van der Waals surface area contributed by atoms with E-state index in [1.807, 2.05) is 18.2 Å². The third-order valence-electron chi connectivity index (χ3n) is 3.71. The second-order valence-corrected chi connectivity index (χ2v) is 6.05. The van der Waals surface area contributed by atoms with Gasteiger partial charge in [-0.1, -0.05) is 13.0 Å². The minimum absolute atomic E-state index is 0. The van der Waals surface area contributed by atoms with E-state index < -0.39 is 0 Å². The molecule has 5 heteroatoms. The Labute approximate surface area is 134 Å². The van der Waals surface area contributed by atoms with Crippen molar-refractivity contribution in [2.75, 3.05) is 11.9 Å². The van der Waals surface area contributed by atoms with Gasteiger partial charge in [-0.05, 0) is 73.0 Å². The van der Waals surface area contributed by atoms with Crippen LogP contribution < -0.4 is 10.6 Å². The van der Waals surface area contributed by atoms with Gasteiger partial charge in [0.2, 0.25) is 5.91 Å². The van der Waals surface area contributed by atoms with E-state index in [9.17, 15) is 4.79 Å². The second-order valence-electron chi connectivity index (χ2n) is 4.88. The lowest BCUT2D eigenvalue weighted by atomic mass is 9.93. The number of benzene rings is 1. The lowest BCUT2D eigenvalue weighted by Gasteiger charge is -2.26. The molecule has 1 fully saturated rings. The van der Waals surface area contributed by atoms with Gasteiger partial charge in [-0.3, -0.25) is 4.79 Å². The molecule has 1 aliphatic heterocycles. The highest BCUT2D eigenvalue weighted by atomic mass is 127. The molecule has 1 heterocycles. The standard InChI is InChI=1S/C14H19IN2O.ClH/c1-3-14(7-4-8-16-14)13(18)17-11-6-5-10(2)12(15)9-11;/h5-6,9,16H,3-4,7-8H2,1-2H3,(H,17,18);1H. The molecule has 1 aliphatic rings. The number of carbonyl (C=O) groups excluding carboxylic acids is 1. The molecule has 0 bridgehead atoms. The minimum Gasteiger partial charge on any atom is -0.324 e. The zero-order chi connectivity index (χ0) is 13.2. The summed E-state index contributed by atoms with van der Waals surface area (Å²) in [6.07, 6.45) is 2.84. The van der Waals surface area contributed by atoms with E-state index in [-0.39, 0.29) is 23.9 Å².